The van der Waals surface area contributed by atoms with E-state index >= 15 is 0 Å². The van der Waals surface area contributed by atoms with Crippen LogP contribution in [0.25, 0.3) is 0 Å². The van der Waals surface area contributed by atoms with Crippen molar-refractivity contribution in [1.82, 2.24) is 20.2 Å². The number of imidazole rings is 1. The lowest BCUT2D eigenvalue weighted by Crippen LogP contribution is -2.51. The van der Waals surface area contributed by atoms with Crippen LogP contribution in [0.3, 0.4) is 0 Å². The molecule has 1 atom stereocenters. The number of nitrogens with zero attached hydrogens (tertiary/aromatic N) is 2. The zero-order chi connectivity index (χ0) is 11.1. The second kappa shape index (κ2) is 4.11. The second-order valence-electron chi connectivity index (χ2n) is 3.41. The molecule has 0 spiro atoms. The number of nitrogens with two attached hydrogens (primary N) is 1. The highest BCUT2D eigenvalue weighted by Crippen LogP contribution is 2.22. The van der Waals surface area contributed by atoms with Crippen LogP contribution in [-0.2, 0) is 17.4 Å². The number of carbonyl (C=O) groups is 2. The van der Waals surface area contributed by atoms with Gasteiger partial charge in [-0.15, -0.1) is 12.4 Å². The van der Waals surface area contributed by atoms with E-state index in [1.807, 2.05) is 0 Å². The average molecular weight is 246 g/mol. The van der Waals surface area contributed by atoms with Crippen molar-refractivity contribution in [3.63, 3.8) is 0 Å². The molecule has 1 fully saturated rings. The highest BCUT2D eigenvalue weighted by Gasteiger charge is 2.48. The van der Waals surface area contributed by atoms with Crippen LogP contribution < -0.4 is 16.4 Å². The number of hydrogen-bond donors (Lipinski definition) is 3. The van der Waals surface area contributed by atoms with E-state index in [2.05, 4.69) is 15.6 Å². The third-order valence-corrected chi connectivity index (χ3v) is 2.50. The number of rotatable bonds is 2. The molecular weight excluding hydrogens is 234 g/mol. The number of amides is 3. The van der Waals surface area contributed by atoms with Gasteiger partial charge in [0.2, 0.25) is 0 Å². The lowest BCUT2D eigenvalue weighted by molar-refractivity contribution is -0.124. The minimum Gasteiger partial charge on any atom is -0.335 e. The van der Waals surface area contributed by atoms with Crippen LogP contribution >= 0.6 is 12.4 Å². The van der Waals surface area contributed by atoms with Crippen molar-refractivity contribution in [1.29, 1.82) is 0 Å². The first-order valence-corrected chi connectivity index (χ1v) is 4.40. The van der Waals surface area contributed by atoms with Crippen LogP contribution in [0.4, 0.5) is 4.79 Å². The fourth-order valence-corrected chi connectivity index (χ4v) is 1.69. The molecule has 88 valence electrons. The third kappa shape index (κ3) is 1.54. The van der Waals surface area contributed by atoms with E-state index in [1.54, 1.807) is 17.9 Å². The standard InChI is InChI=1S/C8H11N5O2.ClH/c1-13-4-10-2-5(13)8(3-9)6(14)11-7(15)12-8;/h2,4H,3,9H2,1H3,(H2,11,12,14,15);1H/t8-;/m1./s1. The SMILES string of the molecule is Cl.Cn1cncc1[C@@]1(CN)NC(=O)NC1=O. The van der Waals surface area contributed by atoms with Gasteiger partial charge in [0.05, 0.1) is 18.2 Å². The Bertz CT molecular complexity index is 432. The topological polar surface area (TPSA) is 102 Å². The summed E-state index contributed by atoms with van der Waals surface area (Å²) in [7, 11) is 1.73. The number of aromatic nitrogens is 2. The van der Waals surface area contributed by atoms with Gasteiger partial charge in [-0.2, -0.15) is 0 Å². The first-order chi connectivity index (χ1) is 7.10. The van der Waals surface area contributed by atoms with Gasteiger partial charge in [-0.25, -0.2) is 9.78 Å². The van der Waals surface area contributed by atoms with E-state index in [4.69, 9.17) is 5.73 Å². The molecule has 8 heteroatoms. The maximum atomic E-state index is 11.7. The summed E-state index contributed by atoms with van der Waals surface area (Å²) in [5, 5.41) is 4.69. The molecule has 2 heterocycles. The number of imide groups is 1. The van der Waals surface area contributed by atoms with Gasteiger partial charge in [0.1, 0.15) is 0 Å². The predicted molar refractivity (Wildman–Crippen MR) is 57.9 cm³/mol. The minimum atomic E-state index is -1.19. The van der Waals surface area contributed by atoms with Crippen molar-refractivity contribution < 1.29 is 9.59 Å². The zero-order valence-electron chi connectivity index (χ0n) is 8.56. The molecule has 0 unspecified atom stereocenters. The van der Waals surface area contributed by atoms with Crippen LogP contribution in [0.5, 0.6) is 0 Å². The maximum Gasteiger partial charge on any atom is 0.322 e. The van der Waals surface area contributed by atoms with Gasteiger partial charge in [-0.1, -0.05) is 0 Å². The predicted octanol–water partition coefficient (Wildman–Crippen LogP) is -1.16. The molecule has 1 aliphatic rings. The summed E-state index contributed by atoms with van der Waals surface area (Å²) in [5.41, 5.74) is 4.94. The Balaban J connectivity index is 0.00000128. The van der Waals surface area contributed by atoms with E-state index in [0.29, 0.717) is 5.69 Å². The Kier molecular flexibility index (Phi) is 3.20. The van der Waals surface area contributed by atoms with Gasteiger partial charge in [0.25, 0.3) is 5.91 Å². The molecule has 7 nitrogen and oxygen atoms in total. The number of carbonyl (C=O) groups excluding carboxylic acids is 2. The Labute approximate surface area is 97.8 Å². The number of hydrogen-bond acceptors (Lipinski definition) is 4. The molecule has 0 radical (unpaired) electrons. The molecule has 0 bridgehead atoms. The number of halogens is 1. The Hall–Kier alpha value is -1.60. The Morgan fingerprint density at radius 1 is 1.56 bits per heavy atom. The molecule has 1 saturated heterocycles. The maximum absolute atomic E-state index is 11.7. The number of nitrogens with one attached hydrogen (secondary N) is 2. The van der Waals surface area contributed by atoms with E-state index in [-0.39, 0.29) is 19.0 Å². The van der Waals surface area contributed by atoms with Crippen LogP contribution in [0.2, 0.25) is 0 Å². The third-order valence-electron chi connectivity index (χ3n) is 2.50. The van der Waals surface area contributed by atoms with Crippen molar-refractivity contribution >= 4 is 24.3 Å². The molecule has 1 aliphatic heterocycles. The Morgan fingerprint density at radius 3 is 2.62 bits per heavy atom. The molecule has 16 heavy (non-hydrogen) atoms. The first kappa shape index (κ1) is 12.5. The van der Waals surface area contributed by atoms with Crippen molar-refractivity contribution in [2.75, 3.05) is 6.54 Å². The largest absolute Gasteiger partial charge is 0.335 e. The van der Waals surface area contributed by atoms with Gasteiger partial charge < -0.3 is 15.6 Å². The fraction of sp³-hybridized carbons (Fsp3) is 0.375. The van der Waals surface area contributed by atoms with E-state index in [0.717, 1.165) is 0 Å². The molecule has 4 N–H and O–H groups in total. The quantitative estimate of drug-likeness (QED) is 0.572. The molecule has 0 aromatic carbocycles. The van der Waals surface area contributed by atoms with Gasteiger partial charge >= 0.3 is 6.03 Å². The van der Waals surface area contributed by atoms with Crippen LogP contribution in [0, 0.1) is 0 Å². The summed E-state index contributed by atoms with van der Waals surface area (Å²) in [6, 6.07) is -0.536. The van der Waals surface area contributed by atoms with Crippen molar-refractivity contribution in [3.8, 4) is 0 Å². The monoisotopic (exact) mass is 245 g/mol. The summed E-state index contributed by atoms with van der Waals surface area (Å²) >= 11 is 0. The second-order valence-corrected chi connectivity index (χ2v) is 3.41. The van der Waals surface area contributed by atoms with E-state index < -0.39 is 17.5 Å². The lowest BCUT2D eigenvalue weighted by atomic mass is 9.96. The zero-order valence-corrected chi connectivity index (χ0v) is 9.37. The highest BCUT2D eigenvalue weighted by molar-refractivity contribution is 6.07. The highest BCUT2D eigenvalue weighted by atomic mass is 35.5. The van der Waals surface area contributed by atoms with Gasteiger partial charge in [0, 0.05) is 13.6 Å². The molecular formula is C8H12ClN5O2. The summed E-state index contributed by atoms with van der Waals surface area (Å²) in [4.78, 5) is 26.7. The molecule has 2 rings (SSSR count). The molecule has 1 aromatic heterocycles. The van der Waals surface area contributed by atoms with Gasteiger partial charge in [-0.3, -0.25) is 10.1 Å². The van der Waals surface area contributed by atoms with Crippen molar-refractivity contribution in [3.05, 3.63) is 18.2 Å². The van der Waals surface area contributed by atoms with E-state index in [9.17, 15) is 9.59 Å². The van der Waals surface area contributed by atoms with Gasteiger partial charge in [-0.05, 0) is 0 Å². The van der Waals surface area contributed by atoms with Crippen molar-refractivity contribution in [2.45, 2.75) is 5.54 Å². The molecule has 3 amide bonds. The van der Waals surface area contributed by atoms with Gasteiger partial charge in [0.15, 0.2) is 5.54 Å². The summed E-state index contributed by atoms with van der Waals surface area (Å²) in [6.07, 6.45) is 3.06. The van der Waals surface area contributed by atoms with Crippen LogP contribution in [0.1, 0.15) is 5.69 Å². The minimum absolute atomic E-state index is 0. The van der Waals surface area contributed by atoms with Crippen molar-refractivity contribution in [2.24, 2.45) is 12.8 Å². The molecule has 1 aromatic rings. The normalized spacial score (nSPS) is 23.6. The Morgan fingerprint density at radius 2 is 2.25 bits per heavy atom. The number of urea groups is 1. The summed E-state index contributed by atoms with van der Waals surface area (Å²) < 4.78 is 1.65. The first-order valence-electron chi connectivity index (χ1n) is 4.40. The fourth-order valence-electron chi connectivity index (χ4n) is 1.69. The smallest absolute Gasteiger partial charge is 0.322 e. The average Bonchev–Trinajstić information content (AvgIpc) is 2.71. The van der Waals surface area contributed by atoms with Crippen LogP contribution in [-0.4, -0.2) is 28.0 Å². The summed E-state index contributed by atoms with van der Waals surface area (Å²) in [6.45, 7) is -0.00981. The number of aryl methyl sites for hydroxylation is 1. The lowest BCUT2D eigenvalue weighted by Gasteiger charge is -2.23. The molecule has 0 saturated carbocycles. The summed E-state index contributed by atoms with van der Waals surface area (Å²) in [5.74, 6) is -0.446. The molecule has 0 aliphatic carbocycles. The van der Waals surface area contributed by atoms with E-state index in [1.165, 1.54) is 6.20 Å². The van der Waals surface area contributed by atoms with Crippen LogP contribution in [0.15, 0.2) is 12.5 Å².